The van der Waals surface area contributed by atoms with Crippen LogP contribution in [-0.4, -0.2) is 13.6 Å². The zero-order valence-corrected chi connectivity index (χ0v) is 11.9. The summed E-state index contributed by atoms with van der Waals surface area (Å²) in [6.07, 6.45) is 0.715. The third kappa shape index (κ3) is 3.78. The third-order valence-corrected chi connectivity index (χ3v) is 3.55. The first-order valence-electron chi connectivity index (χ1n) is 6.44. The number of hydrogen-bond donors (Lipinski definition) is 1. The van der Waals surface area contributed by atoms with Gasteiger partial charge in [0.1, 0.15) is 11.6 Å². The summed E-state index contributed by atoms with van der Waals surface area (Å²) in [7, 11) is 1.87. The van der Waals surface area contributed by atoms with E-state index in [4.69, 9.17) is 11.6 Å². The van der Waals surface area contributed by atoms with E-state index in [-0.39, 0.29) is 16.8 Å². The molecule has 1 atom stereocenters. The van der Waals surface area contributed by atoms with Gasteiger partial charge in [0.05, 0.1) is 5.02 Å². The van der Waals surface area contributed by atoms with Crippen LogP contribution in [-0.2, 0) is 6.42 Å². The molecule has 20 heavy (non-hydrogen) atoms. The SMILES string of the molecule is CNCC(Cc1ccc(F)c(Cl)c1)c1ccc(F)cc1. The monoisotopic (exact) mass is 295 g/mol. The van der Waals surface area contributed by atoms with Gasteiger partial charge < -0.3 is 5.32 Å². The predicted molar refractivity (Wildman–Crippen MR) is 78.2 cm³/mol. The molecule has 0 fully saturated rings. The van der Waals surface area contributed by atoms with Gasteiger partial charge in [0.25, 0.3) is 0 Å². The fourth-order valence-electron chi connectivity index (χ4n) is 2.24. The molecule has 0 saturated heterocycles. The molecular formula is C16H16ClF2N. The molecule has 106 valence electrons. The van der Waals surface area contributed by atoms with Gasteiger partial charge in [0, 0.05) is 12.5 Å². The molecule has 0 aliphatic carbocycles. The van der Waals surface area contributed by atoms with Crippen molar-refractivity contribution in [1.29, 1.82) is 0 Å². The van der Waals surface area contributed by atoms with Gasteiger partial charge in [-0.3, -0.25) is 0 Å². The van der Waals surface area contributed by atoms with Gasteiger partial charge in [-0.05, 0) is 48.9 Å². The number of benzene rings is 2. The van der Waals surface area contributed by atoms with E-state index < -0.39 is 5.82 Å². The van der Waals surface area contributed by atoms with Gasteiger partial charge in [-0.2, -0.15) is 0 Å². The van der Waals surface area contributed by atoms with Gasteiger partial charge in [-0.25, -0.2) is 8.78 Å². The summed E-state index contributed by atoms with van der Waals surface area (Å²) >= 11 is 5.80. The maximum atomic E-state index is 13.2. The second-order valence-electron chi connectivity index (χ2n) is 4.76. The molecule has 0 bridgehead atoms. The number of halogens is 3. The molecule has 0 amide bonds. The van der Waals surface area contributed by atoms with Crippen LogP contribution in [0, 0.1) is 11.6 Å². The van der Waals surface area contributed by atoms with E-state index in [0.717, 1.165) is 17.7 Å². The number of rotatable bonds is 5. The van der Waals surface area contributed by atoms with Crippen molar-refractivity contribution in [1.82, 2.24) is 5.32 Å². The van der Waals surface area contributed by atoms with E-state index >= 15 is 0 Å². The molecule has 0 aliphatic rings. The van der Waals surface area contributed by atoms with E-state index in [1.54, 1.807) is 24.3 Å². The van der Waals surface area contributed by atoms with Crippen molar-refractivity contribution in [2.75, 3.05) is 13.6 Å². The maximum absolute atomic E-state index is 13.2. The first-order valence-corrected chi connectivity index (χ1v) is 6.82. The highest BCUT2D eigenvalue weighted by Crippen LogP contribution is 2.23. The van der Waals surface area contributed by atoms with Gasteiger partial charge in [-0.15, -0.1) is 0 Å². The normalized spacial score (nSPS) is 12.4. The highest BCUT2D eigenvalue weighted by atomic mass is 35.5. The minimum Gasteiger partial charge on any atom is -0.319 e. The summed E-state index contributed by atoms with van der Waals surface area (Å²) < 4.78 is 26.2. The molecule has 0 aromatic heterocycles. The molecule has 0 saturated carbocycles. The summed E-state index contributed by atoms with van der Waals surface area (Å²) in [4.78, 5) is 0. The fraction of sp³-hybridized carbons (Fsp3) is 0.250. The molecule has 2 rings (SSSR count). The lowest BCUT2D eigenvalue weighted by Gasteiger charge is -2.17. The van der Waals surface area contributed by atoms with E-state index in [2.05, 4.69) is 5.32 Å². The molecule has 0 spiro atoms. The topological polar surface area (TPSA) is 12.0 Å². The zero-order chi connectivity index (χ0) is 14.5. The van der Waals surface area contributed by atoms with Crippen molar-refractivity contribution < 1.29 is 8.78 Å². The Morgan fingerprint density at radius 2 is 1.80 bits per heavy atom. The quantitative estimate of drug-likeness (QED) is 0.873. The Labute approximate surface area is 122 Å². The fourth-order valence-corrected chi connectivity index (χ4v) is 2.44. The highest BCUT2D eigenvalue weighted by Gasteiger charge is 2.13. The molecule has 0 aliphatic heterocycles. The van der Waals surface area contributed by atoms with Crippen LogP contribution in [0.25, 0.3) is 0 Å². The third-order valence-electron chi connectivity index (χ3n) is 3.26. The number of hydrogen-bond acceptors (Lipinski definition) is 1. The standard InChI is InChI=1S/C16H16ClF2N/c1-20-10-13(12-3-5-14(18)6-4-12)8-11-2-7-16(19)15(17)9-11/h2-7,9,13,20H,8,10H2,1H3. The van der Waals surface area contributed by atoms with Crippen LogP contribution in [0.2, 0.25) is 5.02 Å². The lowest BCUT2D eigenvalue weighted by Crippen LogP contribution is -2.19. The van der Waals surface area contributed by atoms with E-state index in [9.17, 15) is 8.78 Å². The number of nitrogens with one attached hydrogen (secondary N) is 1. The Balaban J connectivity index is 2.20. The van der Waals surface area contributed by atoms with Crippen LogP contribution in [0.3, 0.4) is 0 Å². The van der Waals surface area contributed by atoms with Crippen LogP contribution in [0.1, 0.15) is 17.0 Å². The Bertz CT molecular complexity index is 569. The summed E-state index contributed by atoms with van der Waals surface area (Å²) in [6, 6.07) is 11.2. The molecule has 2 aromatic carbocycles. The smallest absolute Gasteiger partial charge is 0.141 e. The lowest BCUT2D eigenvalue weighted by molar-refractivity contribution is 0.608. The number of likely N-dealkylation sites (N-methyl/N-ethyl adjacent to an activating group) is 1. The van der Waals surface area contributed by atoms with Crippen molar-refractivity contribution in [2.24, 2.45) is 0 Å². The van der Waals surface area contributed by atoms with Crippen molar-refractivity contribution in [2.45, 2.75) is 12.3 Å². The Hall–Kier alpha value is -1.45. The summed E-state index contributed by atoms with van der Waals surface area (Å²) in [5.41, 5.74) is 2.00. The average molecular weight is 296 g/mol. The van der Waals surface area contributed by atoms with Gasteiger partial charge in [0.2, 0.25) is 0 Å². The molecule has 1 nitrogen and oxygen atoms in total. The summed E-state index contributed by atoms with van der Waals surface area (Å²) in [5.74, 6) is -0.480. The Morgan fingerprint density at radius 3 is 2.40 bits per heavy atom. The summed E-state index contributed by atoms with van der Waals surface area (Å²) in [6.45, 7) is 0.751. The zero-order valence-electron chi connectivity index (χ0n) is 11.2. The Morgan fingerprint density at radius 1 is 1.10 bits per heavy atom. The predicted octanol–water partition coefficient (Wildman–Crippen LogP) is 4.16. The Kier molecular flexibility index (Phi) is 5.10. The van der Waals surface area contributed by atoms with Crippen LogP contribution in [0.5, 0.6) is 0 Å². The van der Waals surface area contributed by atoms with Crippen molar-refractivity contribution >= 4 is 11.6 Å². The molecule has 2 aromatic rings. The molecular weight excluding hydrogens is 280 g/mol. The molecule has 0 radical (unpaired) electrons. The van der Waals surface area contributed by atoms with Crippen LogP contribution in [0.15, 0.2) is 42.5 Å². The minimum atomic E-state index is -0.414. The van der Waals surface area contributed by atoms with Gasteiger partial charge in [0.15, 0.2) is 0 Å². The minimum absolute atomic E-state index is 0.129. The van der Waals surface area contributed by atoms with Gasteiger partial charge >= 0.3 is 0 Å². The highest BCUT2D eigenvalue weighted by molar-refractivity contribution is 6.30. The average Bonchev–Trinajstić information content (AvgIpc) is 2.43. The van der Waals surface area contributed by atoms with Crippen molar-refractivity contribution in [3.63, 3.8) is 0 Å². The maximum Gasteiger partial charge on any atom is 0.141 e. The molecule has 1 N–H and O–H groups in total. The largest absolute Gasteiger partial charge is 0.319 e. The van der Waals surface area contributed by atoms with Crippen molar-refractivity contribution in [3.8, 4) is 0 Å². The van der Waals surface area contributed by atoms with Gasteiger partial charge in [-0.1, -0.05) is 29.8 Å². The second kappa shape index (κ2) is 6.82. The van der Waals surface area contributed by atoms with E-state index in [1.165, 1.54) is 18.2 Å². The second-order valence-corrected chi connectivity index (χ2v) is 5.17. The van der Waals surface area contributed by atoms with Crippen LogP contribution in [0.4, 0.5) is 8.78 Å². The first-order chi connectivity index (χ1) is 9.60. The van der Waals surface area contributed by atoms with Crippen LogP contribution < -0.4 is 5.32 Å². The molecule has 0 heterocycles. The van der Waals surface area contributed by atoms with E-state index in [0.29, 0.717) is 6.42 Å². The van der Waals surface area contributed by atoms with Crippen LogP contribution >= 0.6 is 11.6 Å². The van der Waals surface area contributed by atoms with E-state index in [1.807, 2.05) is 7.05 Å². The first kappa shape index (κ1) is 14.9. The molecule has 4 heteroatoms. The molecule has 1 unspecified atom stereocenters. The summed E-state index contributed by atoms with van der Waals surface area (Å²) in [5, 5.41) is 3.26. The van der Waals surface area contributed by atoms with Crippen molar-refractivity contribution in [3.05, 3.63) is 70.2 Å². The lowest BCUT2D eigenvalue weighted by atomic mass is 9.92.